The molecule has 272 valence electrons. The number of rotatable bonds is 7. The normalized spacial score (nSPS) is 11.4. The predicted molar refractivity (Wildman–Crippen MR) is 245 cm³/mol. The van der Waals surface area contributed by atoms with E-state index < -0.39 is 0 Å². The van der Waals surface area contributed by atoms with Crippen molar-refractivity contribution in [3.05, 3.63) is 224 Å². The van der Waals surface area contributed by atoms with Crippen LogP contribution in [0.15, 0.2) is 229 Å². The van der Waals surface area contributed by atoms with Crippen LogP contribution in [-0.4, -0.2) is 0 Å². The first-order valence-corrected chi connectivity index (χ1v) is 19.8. The molecule has 0 aliphatic heterocycles. The number of anilines is 3. The van der Waals surface area contributed by atoms with Gasteiger partial charge in [0.1, 0.15) is 11.2 Å². The van der Waals surface area contributed by atoms with Crippen LogP contribution in [-0.2, 0) is 0 Å². The van der Waals surface area contributed by atoms with Gasteiger partial charge in [0.2, 0.25) is 0 Å². The van der Waals surface area contributed by atoms with Gasteiger partial charge in [-0.1, -0.05) is 188 Å². The maximum absolute atomic E-state index is 6.36. The van der Waals surface area contributed by atoms with E-state index in [1.54, 1.807) is 0 Å². The Hall–Kier alpha value is -7.68. The Morgan fingerprint density at radius 3 is 1.59 bits per heavy atom. The van der Waals surface area contributed by atoms with E-state index >= 15 is 0 Å². The van der Waals surface area contributed by atoms with Crippen molar-refractivity contribution in [3.63, 3.8) is 0 Å². The Morgan fingerprint density at radius 2 is 0.793 bits per heavy atom. The van der Waals surface area contributed by atoms with E-state index in [0.717, 1.165) is 61.3 Å². The Labute approximate surface area is 337 Å². The molecular weight excluding hydrogens is 703 g/mol. The first kappa shape index (κ1) is 33.6. The topological polar surface area (TPSA) is 16.4 Å². The summed E-state index contributed by atoms with van der Waals surface area (Å²) in [6.45, 7) is 0. The summed E-state index contributed by atoms with van der Waals surface area (Å²) in [5, 5.41) is 7.12. The van der Waals surface area contributed by atoms with Crippen molar-refractivity contribution < 1.29 is 4.42 Å². The van der Waals surface area contributed by atoms with Crippen LogP contribution in [0.2, 0.25) is 0 Å². The van der Waals surface area contributed by atoms with Crippen molar-refractivity contribution in [3.8, 4) is 44.5 Å². The fourth-order valence-corrected chi connectivity index (χ4v) is 8.91. The quantitative estimate of drug-likeness (QED) is 0.162. The fraction of sp³-hybridized carbons (Fsp3) is 0. The lowest BCUT2D eigenvalue weighted by molar-refractivity contribution is 0.669. The molecule has 2 nitrogen and oxygen atoms in total. The average molecular weight is 740 g/mol. The molecule has 0 amide bonds. The van der Waals surface area contributed by atoms with Gasteiger partial charge in [0, 0.05) is 27.6 Å². The number of hydrogen-bond donors (Lipinski definition) is 0. The molecule has 0 spiro atoms. The van der Waals surface area contributed by atoms with Crippen LogP contribution in [0, 0.1) is 0 Å². The summed E-state index contributed by atoms with van der Waals surface area (Å²) in [6.07, 6.45) is 0. The second-order valence-electron chi connectivity index (χ2n) is 14.8. The average Bonchev–Trinajstić information content (AvgIpc) is 3.68. The molecule has 2 heteroatoms. The van der Waals surface area contributed by atoms with Gasteiger partial charge in [0.05, 0.1) is 11.4 Å². The van der Waals surface area contributed by atoms with Crippen LogP contribution in [0.4, 0.5) is 17.1 Å². The molecule has 0 bridgehead atoms. The van der Waals surface area contributed by atoms with Gasteiger partial charge in [-0.15, -0.1) is 0 Å². The highest BCUT2D eigenvalue weighted by Crippen LogP contribution is 2.48. The molecule has 0 saturated heterocycles. The number of benzene rings is 10. The molecule has 1 aromatic heterocycles. The third kappa shape index (κ3) is 5.66. The van der Waals surface area contributed by atoms with Crippen molar-refractivity contribution in [1.29, 1.82) is 0 Å². The zero-order valence-electron chi connectivity index (χ0n) is 31.7. The number of para-hydroxylation sites is 3. The summed E-state index contributed by atoms with van der Waals surface area (Å²) < 4.78 is 6.36. The second-order valence-corrected chi connectivity index (χ2v) is 14.8. The van der Waals surface area contributed by atoms with E-state index in [0.29, 0.717) is 0 Å². The summed E-state index contributed by atoms with van der Waals surface area (Å²) in [5.74, 6) is 0. The maximum atomic E-state index is 6.36. The smallest absolute Gasteiger partial charge is 0.136 e. The van der Waals surface area contributed by atoms with Gasteiger partial charge in [0.15, 0.2) is 0 Å². The Morgan fingerprint density at radius 1 is 0.293 bits per heavy atom. The zero-order valence-corrected chi connectivity index (χ0v) is 31.7. The summed E-state index contributed by atoms with van der Waals surface area (Å²) in [6, 6.07) is 80.8. The van der Waals surface area contributed by atoms with Crippen molar-refractivity contribution >= 4 is 60.5 Å². The highest BCUT2D eigenvalue weighted by Gasteiger charge is 2.23. The van der Waals surface area contributed by atoms with Crippen molar-refractivity contribution in [2.45, 2.75) is 0 Å². The molecule has 11 rings (SSSR count). The number of fused-ring (bicyclic) bond motifs is 5. The molecule has 0 fully saturated rings. The SMILES string of the molecule is c1ccc(-c2cccc3cccc(-c4ccccc4N(c4cccc(-c5cccc6oc7ccccc7c56)c4)c4ccccc4-c4cccc5ccccc45)c23)cc1. The first-order valence-electron chi connectivity index (χ1n) is 19.8. The monoisotopic (exact) mass is 739 g/mol. The number of nitrogens with zero attached hydrogens (tertiary/aromatic N) is 1. The van der Waals surface area contributed by atoms with E-state index in [2.05, 4.69) is 223 Å². The summed E-state index contributed by atoms with van der Waals surface area (Å²) in [5.41, 5.74) is 14.4. The standard InChI is InChI=1S/C56H37NO/c1-2-17-39(18-3-1)44-29-14-21-40-22-15-32-49(55(40)44)48-27-7-10-34-52(48)57(51-33-9-6-26-47(51)46-31-13-20-38-19-4-5-25-43(38)46)42-24-12-23-41(37-42)45-30-16-36-54-56(45)50-28-8-11-35-53(50)58-54/h1-37H. The van der Waals surface area contributed by atoms with Gasteiger partial charge in [-0.25, -0.2) is 0 Å². The lowest BCUT2D eigenvalue weighted by Gasteiger charge is -2.31. The minimum absolute atomic E-state index is 0.887. The molecule has 0 unspecified atom stereocenters. The highest BCUT2D eigenvalue weighted by molar-refractivity contribution is 6.13. The van der Waals surface area contributed by atoms with E-state index in [1.165, 1.54) is 43.8 Å². The Kier molecular flexibility index (Phi) is 8.19. The summed E-state index contributed by atoms with van der Waals surface area (Å²) >= 11 is 0. The van der Waals surface area contributed by atoms with E-state index in [1.807, 2.05) is 6.07 Å². The van der Waals surface area contributed by atoms with Gasteiger partial charge < -0.3 is 9.32 Å². The van der Waals surface area contributed by atoms with Gasteiger partial charge in [-0.3, -0.25) is 0 Å². The maximum Gasteiger partial charge on any atom is 0.136 e. The van der Waals surface area contributed by atoms with Crippen molar-refractivity contribution in [2.75, 3.05) is 4.90 Å². The van der Waals surface area contributed by atoms with E-state index in [9.17, 15) is 0 Å². The predicted octanol–water partition coefficient (Wildman–Crippen LogP) is 16.0. The Bertz CT molecular complexity index is 3290. The Balaban J connectivity index is 1.19. The lowest BCUT2D eigenvalue weighted by Crippen LogP contribution is -2.12. The van der Waals surface area contributed by atoms with Gasteiger partial charge in [-0.2, -0.15) is 0 Å². The molecule has 1 heterocycles. The molecule has 0 radical (unpaired) electrons. The molecule has 58 heavy (non-hydrogen) atoms. The van der Waals surface area contributed by atoms with Gasteiger partial charge in [0.25, 0.3) is 0 Å². The molecule has 0 atom stereocenters. The minimum atomic E-state index is 0.887. The second kappa shape index (κ2) is 14.1. The van der Waals surface area contributed by atoms with Crippen LogP contribution in [0.3, 0.4) is 0 Å². The van der Waals surface area contributed by atoms with Crippen LogP contribution in [0.5, 0.6) is 0 Å². The van der Waals surface area contributed by atoms with Gasteiger partial charge in [-0.05, 0) is 91.3 Å². The molecule has 0 N–H and O–H groups in total. The minimum Gasteiger partial charge on any atom is -0.456 e. The number of furan rings is 1. The third-order valence-electron chi connectivity index (χ3n) is 11.5. The molecule has 10 aromatic carbocycles. The third-order valence-corrected chi connectivity index (χ3v) is 11.5. The largest absolute Gasteiger partial charge is 0.456 e. The molecule has 0 saturated carbocycles. The summed E-state index contributed by atoms with van der Waals surface area (Å²) in [7, 11) is 0. The van der Waals surface area contributed by atoms with Crippen molar-refractivity contribution in [1.82, 2.24) is 0 Å². The van der Waals surface area contributed by atoms with Crippen LogP contribution in [0.25, 0.3) is 88.0 Å². The van der Waals surface area contributed by atoms with E-state index in [4.69, 9.17) is 4.42 Å². The molecular formula is C56H37NO. The first-order chi connectivity index (χ1) is 28.8. The molecule has 0 aliphatic carbocycles. The van der Waals surface area contributed by atoms with Gasteiger partial charge >= 0.3 is 0 Å². The van der Waals surface area contributed by atoms with Crippen molar-refractivity contribution in [2.24, 2.45) is 0 Å². The molecule has 0 aliphatic rings. The van der Waals surface area contributed by atoms with Crippen LogP contribution < -0.4 is 4.90 Å². The van der Waals surface area contributed by atoms with Crippen LogP contribution in [0.1, 0.15) is 0 Å². The number of hydrogen-bond acceptors (Lipinski definition) is 2. The lowest BCUT2D eigenvalue weighted by atomic mass is 9.90. The summed E-state index contributed by atoms with van der Waals surface area (Å²) in [4.78, 5) is 2.47. The fourth-order valence-electron chi connectivity index (χ4n) is 8.91. The van der Waals surface area contributed by atoms with Crippen LogP contribution >= 0.6 is 0 Å². The molecule has 11 aromatic rings. The zero-order chi connectivity index (χ0) is 38.4. The highest BCUT2D eigenvalue weighted by atomic mass is 16.3. The van der Waals surface area contributed by atoms with E-state index in [-0.39, 0.29) is 0 Å².